The second-order valence-electron chi connectivity index (χ2n) is 17.6. The molecule has 0 radical (unpaired) electrons. The van der Waals surface area contributed by atoms with Gasteiger partial charge in [-0.1, -0.05) is 220 Å². The minimum absolute atomic E-state index is 0.0686. The lowest BCUT2D eigenvalue weighted by Gasteiger charge is -2.25. The zero-order valence-electron chi connectivity index (χ0n) is 34.4. The van der Waals surface area contributed by atoms with Crippen molar-refractivity contribution in [2.75, 3.05) is 0 Å². The molecular formula is C61H44. The third-order valence-corrected chi connectivity index (χ3v) is 13.9. The third-order valence-electron chi connectivity index (χ3n) is 13.9. The van der Waals surface area contributed by atoms with Crippen LogP contribution in [0.3, 0.4) is 0 Å². The number of hydrogen-bond acceptors (Lipinski definition) is 0. The van der Waals surface area contributed by atoms with Crippen LogP contribution < -0.4 is 0 Å². The van der Waals surface area contributed by atoms with Crippen molar-refractivity contribution in [2.24, 2.45) is 0 Å². The normalized spacial score (nSPS) is 15.0. The summed E-state index contributed by atoms with van der Waals surface area (Å²) in [5.74, 6) is 0.275. The molecule has 0 fully saturated rings. The highest BCUT2D eigenvalue weighted by Crippen LogP contribution is 2.52. The number of hydrogen-bond donors (Lipinski definition) is 0. The van der Waals surface area contributed by atoms with Crippen molar-refractivity contribution in [3.05, 3.63) is 263 Å². The molecule has 61 heavy (non-hydrogen) atoms. The lowest BCUT2D eigenvalue weighted by atomic mass is 9.78. The van der Waals surface area contributed by atoms with Gasteiger partial charge in [-0.05, 0) is 123 Å². The van der Waals surface area contributed by atoms with Crippen LogP contribution in [0.15, 0.2) is 218 Å². The molecule has 0 heterocycles. The van der Waals surface area contributed by atoms with Crippen molar-refractivity contribution < 1.29 is 0 Å². The molecule has 2 atom stereocenters. The van der Waals surface area contributed by atoms with Crippen molar-refractivity contribution >= 4 is 21.5 Å². The second kappa shape index (κ2) is 13.9. The van der Waals surface area contributed by atoms with Crippen LogP contribution in [0.4, 0.5) is 0 Å². The van der Waals surface area contributed by atoms with Gasteiger partial charge in [0.2, 0.25) is 0 Å². The van der Waals surface area contributed by atoms with Gasteiger partial charge < -0.3 is 0 Å². The summed E-state index contributed by atoms with van der Waals surface area (Å²) in [6, 6.07) is 81.9. The maximum atomic E-state index is 2.50. The van der Waals surface area contributed by atoms with Gasteiger partial charge in [-0.25, -0.2) is 0 Å². The van der Waals surface area contributed by atoms with E-state index in [-0.39, 0.29) is 17.3 Å². The third kappa shape index (κ3) is 5.67. The summed E-state index contributed by atoms with van der Waals surface area (Å²) in [7, 11) is 0. The van der Waals surface area contributed by atoms with Gasteiger partial charge in [0.05, 0.1) is 0 Å². The maximum absolute atomic E-state index is 2.50. The lowest BCUT2D eigenvalue weighted by molar-refractivity contribution is 0.659. The molecule has 0 N–H and O–H groups in total. The minimum Gasteiger partial charge on any atom is -0.0619 e. The van der Waals surface area contributed by atoms with Gasteiger partial charge in [-0.15, -0.1) is 0 Å². The average Bonchev–Trinajstić information content (AvgIpc) is 3.76. The van der Waals surface area contributed by atoms with Crippen LogP contribution in [0.2, 0.25) is 0 Å². The molecule has 0 saturated heterocycles. The summed E-state index contributed by atoms with van der Waals surface area (Å²) in [6.45, 7) is 4.75. The first kappa shape index (κ1) is 35.6. The van der Waals surface area contributed by atoms with E-state index < -0.39 is 0 Å². The van der Waals surface area contributed by atoms with Crippen molar-refractivity contribution in [1.29, 1.82) is 0 Å². The molecule has 10 aromatic rings. The Labute approximate surface area is 358 Å². The van der Waals surface area contributed by atoms with Crippen LogP contribution in [0.1, 0.15) is 70.2 Å². The van der Waals surface area contributed by atoms with E-state index in [0.29, 0.717) is 0 Å². The lowest BCUT2D eigenvalue weighted by Crippen LogP contribution is -2.15. The Morgan fingerprint density at radius 3 is 1.74 bits per heavy atom. The van der Waals surface area contributed by atoms with Crippen LogP contribution in [-0.2, 0) is 5.41 Å². The average molecular weight is 777 g/mol. The summed E-state index contributed by atoms with van der Waals surface area (Å²) in [5.41, 5.74) is 21.1. The van der Waals surface area contributed by atoms with Crippen LogP contribution in [0.25, 0.3) is 66.1 Å². The SMILES string of the molecule is CC1(C)c2ccccc2-c2ccc(C(c3ccc(-c4cccc(-c5ccc6c(c5)-c5ccccc5C6c5cccc6ccccc56)c4)cc3)c3cccc4ccccc34)cc21. The first-order chi connectivity index (χ1) is 30.0. The molecule has 0 heteroatoms. The Morgan fingerprint density at radius 1 is 0.344 bits per heavy atom. The predicted molar refractivity (Wildman–Crippen MR) is 257 cm³/mol. The van der Waals surface area contributed by atoms with Gasteiger partial charge in [-0.3, -0.25) is 0 Å². The second-order valence-corrected chi connectivity index (χ2v) is 17.6. The maximum Gasteiger partial charge on any atom is 0.0358 e. The monoisotopic (exact) mass is 776 g/mol. The predicted octanol–water partition coefficient (Wildman–Crippen LogP) is 16.0. The number of rotatable bonds is 6. The molecule has 0 spiro atoms. The fourth-order valence-electron chi connectivity index (χ4n) is 10.9. The van der Waals surface area contributed by atoms with Gasteiger partial charge in [0.15, 0.2) is 0 Å². The molecule has 0 aliphatic heterocycles. The molecule has 10 aromatic carbocycles. The van der Waals surface area contributed by atoms with E-state index >= 15 is 0 Å². The van der Waals surface area contributed by atoms with E-state index in [1.54, 1.807) is 0 Å². The van der Waals surface area contributed by atoms with Crippen LogP contribution >= 0.6 is 0 Å². The topological polar surface area (TPSA) is 0 Å². The van der Waals surface area contributed by atoms with Crippen molar-refractivity contribution in [3.63, 3.8) is 0 Å². The van der Waals surface area contributed by atoms with Crippen molar-refractivity contribution in [3.8, 4) is 44.5 Å². The highest BCUT2D eigenvalue weighted by atomic mass is 14.4. The Kier molecular flexibility index (Phi) is 8.12. The molecule has 288 valence electrons. The molecule has 2 aliphatic rings. The molecule has 0 bridgehead atoms. The van der Waals surface area contributed by atoms with Crippen molar-refractivity contribution in [2.45, 2.75) is 31.1 Å². The molecule has 0 aromatic heterocycles. The minimum atomic E-state index is -0.0686. The molecule has 2 unspecified atom stereocenters. The van der Waals surface area contributed by atoms with Gasteiger partial charge >= 0.3 is 0 Å². The Balaban J connectivity index is 0.919. The first-order valence-electron chi connectivity index (χ1n) is 21.6. The van der Waals surface area contributed by atoms with Gasteiger partial charge in [0.1, 0.15) is 0 Å². The van der Waals surface area contributed by atoms with Crippen molar-refractivity contribution in [1.82, 2.24) is 0 Å². The van der Waals surface area contributed by atoms with Crippen LogP contribution in [0.5, 0.6) is 0 Å². The Bertz CT molecular complexity index is 3330. The first-order valence-corrected chi connectivity index (χ1v) is 21.6. The highest BCUT2D eigenvalue weighted by Gasteiger charge is 2.36. The smallest absolute Gasteiger partial charge is 0.0358 e. The summed E-state index contributed by atoms with van der Waals surface area (Å²) in [4.78, 5) is 0. The largest absolute Gasteiger partial charge is 0.0619 e. The van der Waals surface area contributed by atoms with E-state index in [9.17, 15) is 0 Å². The highest BCUT2D eigenvalue weighted by molar-refractivity contribution is 5.92. The summed E-state index contributed by atoms with van der Waals surface area (Å²) < 4.78 is 0. The Hall–Kier alpha value is -7.28. The molecule has 2 aliphatic carbocycles. The van der Waals surface area contributed by atoms with Gasteiger partial charge in [-0.2, -0.15) is 0 Å². The zero-order chi connectivity index (χ0) is 40.7. The fourth-order valence-corrected chi connectivity index (χ4v) is 10.9. The van der Waals surface area contributed by atoms with Crippen LogP contribution in [-0.4, -0.2) is 0 Å². The Morgan fingerprint density at radius 2 is 0.902 bits per heavy atom. The van der Waals surface area contributed by atoms with Gasteiger partial charge in [0.25, 0.3) is 0 Å². The number of fused-ring (bicyclic) bond motifs is 8. The fraction of sp³-hybridized carbons (Fsp3) is 0.0820. The standard InChI is InChI=1S/C61H44/c1-61(2)57-27-10-9-23-50(57)51-34-33-46(38-58(51)61)59(52-25-12-16-40-14-3-5-20-47(40)52)42-30-28-39(29-31-42)43-18-11-19-44(36-43)45-32-35-55-56(37-45)49-22-7-8-24-54(49)60(55)53-26-13-17-41-15-4-6-21-48(41)53/h3-38,59-60H,1-2H3. The quantitative estimate of drug-likeness (QED) is 0.148. The molecule has 0 saturated carbocycles. The summed E-state index contributed by atoms with van der Waals surface area (Å²) in [5, 5.41) is 5.18. The van der Waals surface area contributed by atoms with E-state index in [1.165, 1.54) is 111 Å². The molecule has 12 rings (SSSR count). The number of benzene rings is 10. The molecular weight excluding hydrogens is 733 g/mol. The summed E-state index contributed by atoms with van der Waals surface area (Å²) >= 11 is 0. The van der Waals surface area contributed by atoms with Crippen LogP contribution in [0, 0.1) is 0 Å². The van der Waals surface area contributed by atoms with E-state index in [1.807, 2.05) is 0 Å². The molecule has 0 amide bonds. The molecule has 0 nitrogen and oxygen atoms in total. The van der Waals surface area contributed by atoms with E-state index in [0.717, 1.165) is 0 Å². The van der Waals surface area contributed by atoms with E-state index in [2.05, 4.69) is 232 Å². The summed E-state index contributed by atoms with van der Waals surface area (Å²) in [6.07, 6.45) is 0. The zero-order valence-corrected chi connectivity index (χ0v) is 34.4. The van der Waals surface area contributed by atoms with E-state index in [4.69, 9.17) is 0 Å². The van der Waals surface area contributed by atoms with Gasteiger partial charge in [0, 0.05) is 17.3 Å².